The van der Waals surface area contributed by atoms with E-state index in [1.54, 1.807) is 14.2 Å². The summed E-state index contributed by atoms with van der Waals surface area (Å²) in [6.07, 6.45) is 0. The van der Waals surface area contributed by atoms with E-state index in [4.69, 9.17) is 14.2 Å². The summed E-state index contributed by atoms with van der Waals surface area (Å²) in [5.74, 6) is 2.04. The molecule has 0 saturated heterocycles. The van der Waals surface area contributed by atoms with Gasteiger partial charge in [-0.05, 0) is 61.6 Å². The van der Waals surface area contributed by atoms with Gasteiger partial charge < -0.3 is 24.4 Å². The second-order valence-electron chi connectivity index (χ2n) is 7.60. The van der Waals surface area contributed by atoms with Crippen LogP contribution < -0.4 is 19.5 Å². The minimum atomic E-state index is -0.118. The zero-order chi connectivity index (χ0) is 22.9. The van der Waals surface area contributed by atoms with Crippen molar-refractivity contribution >= 4 is 5.91 Å². The van der Waals surface area contributed by atoms with Gasteiger partial charge in [0.05, 0.1) is 20.3 Å². The quantitative estimate of drug-likeness (QED) is 0.515. The molecule has 1 N–H and O–H groups in total. The number of para-hydroxylation sites is 1. The second kappa shape index (κ2) is 11.2. The van der Waals surface area contributed by atoms with Crippen molar-refractivity contribution in [2.45, 2.75) is 12.6 Å². The third-order valence-electron chi connectivity index (χ3n) is 5.24. The number of nitrogens with zero attached hydrogens (tertiary/aromatic N) is 1. The molecule has 6 nitrogen and oxygen atoms in total. The Morgan fingerprint density at radius 3 is 2.22 bits per heavy atom. The largest absolute Gasteiger partial charge is 0.493 e. The minimum Gasteiger partial charge on any atom is -0.493 e. The number of amides is 1. The van der Waals surface area contributed by atoms with Gasteiger partial charge in [-0.15, -0.1) is 0 Å². The summed E-state index contributed by atoms with van der Waals surface area (Å²) < 4.78 is 16.5. The number of hydrogen-bond donors (Lipinski definition) is 1. The molecule has 0 aromatic heterocycles. The number of likely N-dealkylation sites (N-methyl/N-ethyl adjacent to an activating group) is 1. The molecular weight excluding hydrogens is 404 g/mol. The number of nitrogens with one attached hydrogen (secondary N) is 1. The summed E-state index contributed by atoms with van der Waals surface area (Å²) in [5, 5.41) is 3.04. The summed E-state index contributed by atoms with van der Waals surface area (Å²) in [7, 11) is 7.19. The van der Waals surface area contributed by atoms with Crippen molar-refractivity contribution in [2.75, 3.05) is 34.9 Å². The van der Waals surface area contributed by atoms with E-state index >= 15 is 0 Å². The number of methoxy groups -OCH3 is 2. The number of rotatable bonds is 10. The SMILES string of the molecule is COc1ccc([C@@H](CNC(=O)c2ccc(COc3ccccc3)cc2)N(C)C)cc1OC. The molecule has 0 bridgehead atoms. The predicted molar refractivity (Wildman–Crippen MR) is 126 cm³/mol. The molecule has 1 amide bonds. The van der Waals surface area contributed by atoms with Gasteiger partial charge in [-0.1, -0.05) is 36.4 Å². The molecule has 168 valence electrons. The molecule has 0 aliphatic carbocycles. The van der Waals surface area contributed by atoms with Crippen LogP contribution >= 0.6 is 0 Å². The molecule has 0 unspecified atom stereocenters. The van der Waals surface area contributed by atoms with Gasteiger partial charge in [0.15, 0.2) is 11.5 Å². The molecule has 3 aromatic rings. The molecule has 0 heterocycles. The molecule has 0 spiro atoms. The zero-order valence-corrected chi connectivity index (χ0v) is 19.0. The van der Waals surface area contributed by atoms with Crippen molar-refractivity contribution in [3.05, 3.63) is 89.5 Å². The maximum Gasteiger partial charge on any atom is 0.251 e. The van der Waals surface area contributed by atoms with Gasteiger partial charge in [0.25, 0.3) is 5.91 Å². The van der Waals surface area contributed by atoms with Crippen LogP contribution in [0.25, 0.3) is 0 Å². The number of ether oxygens (including phenoxy) is 3. The van der Waals surface area contributed by atoms with Crippen LogP contribution in [-0.2, 0) is 6.61 Å². The van der Waals surface area contributed by atoms with Crippen LogP contribution in [0.1, 0.15) is 27.5 Å². The molecule has 32 heavy (non-hydrogen) atoms. The van der Waals surface area contributed by atoms with Crippen LogP contribution in [0, 0.1) is 0 Å². The fraction of sp³-hybridized carbons (Fsp3) is 0.269. The average molecular weight is 435 g/mol. The summed E-state index contributed by atoms with van der Waals surface area (Å²) in [6.45, 7) is 0.911. The van der Waals surface area contributed by atoms with Gasteiger partial charge in [0.2, 0.25) is 0 Å². The lowest BCUT2D eigenvalue weighted by Crippen LogP contribution is -2.34. The van der Waals surface area contributed by atoms with E-state index in [0.717, 1.165) is 16.9 Å². The molecule has 0 saturated carbocycles. The highest BCUT2D eigenvalue weighted by atomic mass is 16.5. The first-order valence-electron chi connectivity index (χ1n) is 10.4. The third kappa shape index (κ3) is 6.02. The van der Waals surface area contributed by atoms with Crippen LogP contribution in [0.4, 0.5) is 0 Å². The van der Waals surface area contributed by atoms with Crippen LogP contribution in [-0.4, -0.2) is 45.7 Å². The average Bonchev–Trinajstić information content (AvgIpc) is 2.83. The number of benzene rings is 3. The van der Waals surface area contributed by atoms with E-state index in [2.05, 4.69) is 10.2 Å². The minimum absolute atomic E-state index is 0.0164. The zero-order valence-electron chi connectivity index (χ0n) is 19.0. The number of carbonyl (C=O) groups excluding carboxylic acids is 1. The highest BCUT2D eigenvalue weighted by molar-refractivity contribution is 5.94. The van der Waals surface area contributed by atoms with Crippen molar-refractivity contribution in [3.63, 3.8) is 0 Å². The molecule has 3 rings (SSSR count). The molecule has 0 fully saturated rings. The van der Waals surface area contributed by atoms with Gasteiger partial charge in [-0.3, -0.25) is 4.79 Å². The first-order valence-corrected chi connectivity index (χ1v) is 10.4. The van der Waals surface area contributed by atoms with Gasteiger partial charge >= 0.3 is 0 Å². The maximum atomic E-state index is 12.7. The van der Waals surface area contributed by atoms with Crippen LogP contribution in [0.15, 0.2) is 72.8 Å². The Balaban J connectivity index is 1.60. The van der Waals surface area contributed by atoms with Crippen molar-refractivity contribution in [1.29, 1.82) is 0 Å². The Morgan fingerprint density at radius 1 is 0.906 bits per heavy atom. The van der Waals surface area contributed by atoms with Crippen molar-refractivity contribution in [2.24, 2.45) is 0 Å². The third-order valence-corrected chi connectivity index (χ3v) is 5.24. The Labute approximate surface area is 189 Å². The molecule has 3 aromatic carbocycles. The highest BCUT2D eigenvalue weighted by Crippen LogP contribution is 2.31. The van der Waals surface area contributed by atoms with E-state index in [-0.39, 0.29) is 11.9 Å². The molecule has 0 aliphatic heterocycles. The number of hydrogen-bond acceptors (Lipinski definition) is 5. The fourth-order valence-corrected chi connectivity index (χ4v) is 3.39. The van der Waals surface area contributed by atoms with Crippen LogP contribution in [0.2, 0.25) is 0 Å². The Kier molecular flexibility index (Phi) is 8.11. The summed E-state index contributed by atoms with van der Waals surface area (Å²) in [5.41, 5.74) is 2.64. The summed E-state index contributed by atoms with van der Waals surface area (Å²) in [4.78, 5) is 14.8. The lowest BCUT2D eigenvalue weighted by molar-refractivity contribution is 0.0942. The van der Waals surface area contributed by atoms with E-state index in [1.165, 1.54) is 0 Å². The first-order chi connectivity index (χ1) is 15.5. The Hall–Kier alpha value is -3.51. The van der Waals surface area contributed by atoms with Gasteiger partial charge in [0.1, 0.15) is 12.4 Å². The van der Waals surface area contributed by atoms with Gasteiger partial charge in [-0.25, -0.2) is 0 Å². The topological polar surface area (TPSA) is 60.0 Å². The molecule has 1 atom stereocenters. The second-order valence-corrected chi connectivity index (χ2v) is 7.60. The summed E-state index contributed by atoms with van der Waals surface area (Å²) >= 11 is 0. The standard InChI is InChI=1S/C26H30N2O4/c1-28(2)23(21-14-15-24(30-3)25(16-21)31-4)17-27-26(29)20-12-10-19(11-13-20)18-32-22-8-6-5-7-9-22/h5-16,23H,17-18H2,1-4H3,(H,27,29)/t23-/m1/s1. The van der Waals surface area contributed by atoms with Crippen LogP contribution in [0.3, 0.4) is 0 Å². The van der Waals surface area contributed by atoms with Crippen LogP contribution in [0.5, 0.6) is 17.2 Å². The Morgan fingerprint density at radius 2 is 1.59 bits per heavy atom. The van der Waals surface area contributed by atoms with E-state index in [9.17, 15) is 4.79 Å². The predicted octanol–water partition coefficient (Wildman–Crippen LogP) is 4.32. The summed E-state index contributed by atoms with van der Waals surface area (Å²) in [6, 6.07) is 22.9. The van der Waals surface area contributed by atoms with E-state index in [1.807, 2.05) is 86.9 Å². The van der Waals surface area contributed by atoms with Gasteiger partial charge in [-0.2, -0.15) is 0 Å². The molecule has 0 radical (unpaired) electrons. The first kappa shape index (κ1) is 23.2. The molecule has 0 aliphatic rings. The van der Waals surface area contributed by atoms with Crippen molar-refractivity contribution in [3.8, 4) is 17.2 Å². The lowest BCUT2D eigenvalue weighted by Gasteiger charge is -2.26. The Bertz CT molecular complexity index is 1000. The lowest BCUT2D eigenvalue weighted by atomic mass is 10.0. The fourth-order valence-electron chi connectivity index (χ4n) is 3.39. The molecule has 6 heteroatoms. The highest BCUT2D eigenvalue weighted by Gasteiger charge is 2.18. The smallest absolute Gasteiger partial charge is 0.251 e. The van der Waals surface area contributed by atoms with E-state index in [0.29, 0.717) is 30.2 Å². The maximum absolute atomic E-state index is 12.7. The molecular formula is C26H30N2O4. The number of carbonyl (C=O) groups is 1. The monoisotopic (exact) mass is 434 g/mol. The van der Waals surface area contributed by atoms with Crippen molar-refractivity contribution in [1.82, 2.24) is 10.2 Å². The van der Waals surface area contributed by atoms with Crippen molar-refractivity contribution < 1.29 is 19.0 Å². The van der Waals surface area contributed by atoms with Gasteiger partial charge in [0, 0.05) is 12.1 Å². The normalized spacial score (nSPS) is 11.7. The van der Waals surface area contributed by atoms with E-state index < -0.39 is 0 Å².